The first-order valence-corrected chi connectivity index (χ1v) is 6.02. The zero-order chi connectivity index (χ0) is 14.4. The van der Waals surface area contributed by atoms with Crippen LogP contribution in [0.15, 0.2) is 48.7 Å². The lowest BCUT2D eigenvalue weighted by atomic mass is 10.2. The van der Waals surface area contributed by atoms with Crippen LogP contribution in [0.4, 0.5) is 17.2 Å². The van der Waals surface area contributed by atoms with Crippen molar-refractivity contribution in [3.05, 3.63) is 58.8 Å². The predicted octanol–water partition coefficient (Wildman–Crippen LogP) is 3.04. The molecule has 0 atom stereocenters. The van der Waals surface area contributed by atoms with E-state index in [0.29, 0.717) is 13.0 Å². The van der Waals surface area contributed by atoms with Gasteiger partial charge in [-0.15, -0.1) is 0 Å². The number of hydrogen-bond acceptors (Lipinski definition) is 5. The van der Waals surface area contributed by atoms with E-state index in [1.54, 1.807) is 6.07 Å². The van der Waals surface area contributed by atoms with Gasteiger partial charge in [-0.2, -0.15) is 5.26 Å². The summed E-state index contributed by atoms with van der Waals surface area (Å²) in [4.78, 5) is 15.8. The van der Waals surface area contributed by atoms with Gasteiger partial charge in [-0.25, -0.2) is 0 Å². The molecule has 0 saturated carbocycles. The molecule has 0 unspecified atom stereocenters. The quantitative estimate of drug-likeness (QED) is 0.614. The summed E-state index contributed by atoms with van der Waals surface area (Å²) >= 11 is 0. The van der Waals surface area contributed by atoms with Gasteiger partial charge in [0.1, 0.15) is 0 Å². The van der Waals surface area contributed by atoms with Crippen molar-refractivity contribution in [3.63, 3.8) is 0 Å². The number of nitro groups is 1. The van der Waals surface area contributed by atoms with Crippen LogP contribution in [-0.4, -0.2) is 16.5 Å². The second-order valence-electron chi connectivity index (χ2n) is 4.03. The van der Waals surface area contributed by atoms with Gasteiger partial charge in [0.15, 0.2) is 6.20 Å². The number of benzene rings is 1. The van der Waals surface area contributed by atoms with E-state index in [-0.39, 0.29) is 5.82 Å². The highest BCUT2D eigenvalue weighted by Gasteiger charge is 2.13. The summed E-state index contributed by atoms with van der Waals surface area (Å²) in [5, 5.41) is 19.4. The SMILES string of the molecule is N#CCCN(c1ccccc1)c1ccc([N+](=O)[O-])nc1. The maximum absolute atomic E-state index is 10.6. The summed E-state index contributed by atoms with van der Waals surface area (Å²) in [6.45, 7) is 0.500. The first-order valence-electron chi connectivity index (χ1n) is 6.02. The Morgan fingerprint density at radius 3 is 2.50 bits per heavy atom. The minimum Gasteiger partial charge on any atom is -0.358 e. The van der Waals surface area contributed by atoms with E-state index in [4.69, 9.17) is 5.26 Å². The fourth-order valence-electron chi connectivity index (χ4n) is 1.82. The number of aromatic nitrogens is 1. The first kappa shape index (κ1) is 13.5. The number of hydrogen-bond donors (Lipinski definition) is 0. The Morgan fingerprint density at radius 2 is 1.95 bits per heavy atom. The number of pyridine rings is 1. The topological polar surface area (TPSA) is 83.1 Å². The molecule has 6 heteroatoms. The molecule has 1 aromatic carbocycles. The molecule has 0 aliphatic heterocycles. The number of para-hydroxylation sites is 1. The number of nitrogens with zero attached hydrogens (tertiary/aromatic N) is 4. The molecule has 0 saturated heterocycles. The number of nitriles is 1. The van der Waals surface area contributed by atoms with Gasteiger partial charge in [0.2, 0.25) is 0 Å². The fraction of sp³-hybridized carbons (Fsp3) is 0.143. The summed E-state index contributed by atoms with van der Waals surface area (Å²) in [6, 6.07) is 14.6. The van der Waals surface area contributed by atoms with E-state index in [0.717, 1.165) is 11.4 Å². The average molecular weight is 268 g/mol. The summed E-state index contributed by atoms with van der Waals surface area (Å²) in [5.41, 5.74) is 1.63. The molecule has 0 radical (unpaired) electrons. The van der Waals surface area contributed by atoms with Gasteiger partial charge in [0, 0.05) is 18.3 Å². The van der Waals surface area contributed by atoms with E-state index in [1.807, 2.05) is 35.2 Å². The van der Waals surface area contributed by atoms with Gasteiger partial charge in [0.25, 0.3) is 0 Å². The molecule has 0 fully saturated rings. The Bertz CT molecular complexity index is 620. The first-order chi connectivity index (χ1) is 9.72. The van der Waals surface area contributed by atoms with Crippen LogP contribution in [0.25, 0.3) is 0 Å². The Balaban J connectivity index is 2.31. The van der Waals surface area contributed by atoms with Gasteiger partial charge in [0.05, 0.1) is 18.2 Å². The van der Waals surface area contributed by atoms with Crippen LogP contribution in [0.3, 0.4) is 0 Å². The van der Waals surface area contributed by atoms with Crippen molar-refractivity contribution in [3.8, 4) is 6.07 Å². The molecule has 20 heavy (non-hydrogen) atoms. The molecule has 0 spiro atoms. The molecule has 0 aliphatic carbocycles. The van der Waals surface area contributed by atoms with Crippen LogP contribution in [0.1, 0.15) is 6.42 Å². The Morgan fingerprint density at radius 1 is 1.20 bits per heavy atom. The van der Waals surface area contributed by atoms with Crippen molar-refractivity contribution >= 4 is 17.2 Å². The van der Waals surface area contributed by atoms with Gasteiger partial charge >= 0.3 is 5.82 Å². The molecule has 6 nitrogen and oxygen atoms in total. The van der Waals surface area contributed by atoms with Crippen LogP contribution in [0.2, 0.25) is 0 Å². The number of anilines is 2. The van der Waals surface area contributed by atoms with Crippen molar-refractivity contribution in [1.29, 1.82) is 5.26 Å². The molecule has 2 rings (SSSR count). The highest BCUT2D eigenvalue weighted by Crippen LogP contribution is 2.25. The highest BCUT2D eigenvalue weighted by molar-refractivity contribution is 5.62. The lowest BCUT2D eigenvalue weighted by Gasteiger charge is -2.22. The summed E-state index contributed by atoms with van der Waals surface area (Å²) < 4.78 is 0. The van der Waals surface area contributed by atoms with Crippen LogP contribution in [0, 0.1) is 21.4 Å². The van der Waals surface area contributed by atoms with Gasteiger partial charge in [-0.3, -0.25) is 0 Å². The van der Waals surface area contributed by atoms with Crippen molar-refractivity contribution in [2.45, 2.75) is 6.42 Å². The molecule has 0 bridgehead atoms. The minimum absolute atomic E-state index is 0.193. The standard InChI is InChI=1S/C14H12N4O2/c15-9-4-10-17(12-5-2-1-3-6-12)13-7-8-14(16-11-13)18(19)20/h1-3,5-8,11H,4,10H2. The van der Waals surface area contributed by atoms with Crippen molar-refractivity contribution in [1.82, 2.24) is 4.98 Å². The normalized spacial score (nSPS) is 9.75. The molecule has 0 aliphatic rings. The van der Waals surface area contributed by atoms with E-state index in [2.05, 4.69) is 11.1 Å². The average Bonchev–Trinajstić information content (AvgIpc) is 2.49. The second-order valence-corrected chi connectivity index (χ2v) is 4.03. The summed E-state index contributed by atoms with van der Waals surface area (Å²) in [6.07, 6.45) is 1.80. The van der Waals surface area contributed by atoms with Crippen molar-refractivity contribution < 1.29 is 4.92 Å². The lowest BCUT2D eigenvalue weighted by Crippen LogP contribution is -2.18. The highest BCUT2D eigenvalue weighted by atomic mass is 16.6. The Labute approximate surface area is 116 Å². The zero-order valence-corrected chi connectivity index (χ0v) is 10.6. The Kier molecular flexibility index (Phi) is 4.24. The van der Waals surface area contributed by atoms with Gasteiger partial charge in [-0.1, -0.05) is 18.2 Å². The summed E-state index contributed by atoms with van der Waals surface area (Å²) in [5.74, 6) is -0.193. The summed E-state index contributed by atoms with van der Waals surface area (Å²) in [7, 11) is 0. The molecule has 1 heterocycles. The van der Waals surface area contributed by atoms with E-state index >= 15 is 0 Å². The van der Waals surface area contributed by atoms with E-state index < -0.39 is 4.92 Å². The largest absolute Gasteiger partial charge is 0.363 e. The molecule has 0 amide bonds. The van der Waals surface area contributed by atoms with Crippen LogP contribution < -0.4 is 4.90 Å². The second kappa shape index (κ2) is 6.29. The fourth-order valence-corrected chi connectivity index (χ4v) is 1.82. The van der Waals surface area contributed by atoms with Crippen molar-refractivity contribution in [2.75, 3.05) is 11.4 Å². The predicted molar refractivity (Wildman–Crippen MR) is 74.6 cm³/mol. The third-order valence-corrected chi connectivity index (χ3v) is 2.75. The maximum atomic E-state index is 10.6. The third-order valence-electron chi connectivity index (χ3n) is 2.75. The number of rotatable bonds is 5. The third kappa shape index (κ3) is 3.09. The molecule has 0 N–H and O–H groups in total. The molecule has 1 aromatic heterocycles. The zero-order valence-electron chi connectivity index (χ0n) is 10.6. The van der Waals surface area contributed by atoms with Gasteiger partial charge in [-0.05, 0) is 28.1 Å². The van der Waals surface area contributed by atoms with Crippen molar-refractivity contribution in [2.24, 2.45) is 0 Å². The molecular formula is C14H12N4O2. The maximum Gasteiger partial charge on any atom is 0.363 e. The molecule has 2 aromatic rings. The van der Waals surface area contributed by atoms with Crippen LogP contribution in [0.5, 0.6) is 0 Å². The van der Waals surface area contributed by atoms with E-state index in [9.17, 15) is 10.1 Å². The minimum atomic E-state index is -0.536. The smallest absolute Gasteiger partial charge is 0.358 e. The molecular weight excluding hydrogens is 256 g/mol. The Hall–Kier alpha value is -2.94. The molecule has 100 valence electrons. The monoisotopic (exact) mass is 268 g/mol. The van der Waals surface area contributed by atoms with Gasteiger partial charge < -0.3 is 15.0 Å². The van der Waals surface area contributed by atoms with E-state index in [1.165, 1.54) is 12.3 Å². The lowest BCUT2D eigenvalue weighted by molar-refractivity contribution is -0.389. The van der Waals surface area contributed by atoms with Crippen LogP contribution >= 0.6 is 0 Å². The van der Waals surface area contributed by atoms with Crippen LogP contribution in [-0.2, 0) is 0 Å².